The van der Waals surface area contributed by atoms with Crippen molar-refractivity contribution in [1.82, 2.24) is 19.8 Å². The van der Waals surface area contributed by atoms with E-state index in [2.05, 4.69) is 38.1 Å². The summed E-state index contributed by atoms with van der Waals surface area (Å²) in [7, 11) is 0. The van der Waals surface area contributed by atoms with Gasteiger partial charge in [-0.15, -0.1) is 0 Å². The number of pyridine rings is 1. The molecule has 7 rings (SSSR count). The molecule has 3 fully saturated rings. The highest BCUT2D eigenvalue weighted by atomic mass is 16.2. The topological polar surface area (TPSA) is 63.4 Å². The minimum Gasteiger partial charge on any atom is -0.272 e. The third kappa shape index (κ3) is 2.14. The van der Waals surface area contributed by atoms with Crippen LogP contribution in [-0.2, 0) is 11.3 Å². The Morgan fingerprint density at radius 3 is 2.75 bits per heavy atom. The van der Waals surface area contributed by atoms with Gasteiger partial charge in [0.1, 0.15) is 5.52 Å². The van der Waals surface area contributed by atoms with Crippen LogP contribution in [0.3, 0.4) is 0 Å². The average molecular weight is 371 g/mol. The molecule has 3 aromatic rings. The molecule has 6 heteroatoms. The van der Waals surface area contributed by atoms with Crippen molar-refractivity contribution in [2.75, 3.05) is 0 Å². The van der Waals surface area contributed by atoms with E-state index in [1.165, 1.54) is 0 Å². The molecule has 4 aliphatic rings. The van der Waals surface area contributed by atoms with E-state index >= 15 is 0 Å². The monoisotopic (exact) mass is 371 g/mol. The van der Waals surface area contributed by atoms with Crippen LogP contribution in [0.4, 0.5) is 0 Å². The molecular weight excluding hydrogens is 350 g/mol. The largest absolute Gasteiger partial charge is 0.272 e. The molecule has 0 spiro atoms. The summed E-state index contributed by atoms with van der Waals surface area (Å²) in [6.45, 7) is 0.864. The zero-order valence-corrected chi connectivity index (χ0v) is 15.5. The molecule has 6 nitrogen and oxygen atoms in total. The van der Waals surface area contributed by atoms with Crippen LogP contribution in [-0.4, -0.2) is 31.9 Å². The molecule has 0 radical (unpaired) electrons. The molecule has 1 atom stereocenters. The van der Waals surface area contributed by atoms with Crippen molar-refractivity contribution in [3.63, 3.8) is 0 Å². The van der Waals surface area contributed by atoms with Crippen molar-refractivity contribution < 1.29 is 4.79 Å². The number of aromatic nitrogens is 3. The van der Waals surface area contributed by atoms with Crippen molar-refractivity contribution in [2.45, 2.75) is 38.3 Å². The lowest BCUT2D eigenvalue weighted by Crippen LogP contribution is -2.68. The number of hydrogen-bond acceptors (Lipinski definition) is 4. The quantitative estimate of drug-likeness (QED) is 0.704. The van der Waals surface area contributed by atoms with Gasteiger partial charge in [-0.2, -0.15) is 10.2 Å². The Morgan fingerprint density at radius 2 is 1.93 bits per heavy atom. The lowest BCUT2D eigenvalue weighted by atomic mass is 9.34. The van der Waals surface area contributed by atoms with E-state index in [0.717, 1.165) is 48.8 Å². The summed E-state index contributed by atoms with van der Waals surface area (Å²) in [6.07, 6.45) is 9.10. The van der Waals surface area contributed by atoms with Crippen molar-refractivity contribution in [2.24, 2.45) is 15.9 Å². The van der Waals surface area contributed by atoms with E-state index in [4.69, 9.17) is 0 Å². The van der Waals surface area contributed by atoms with Crippen LogP contribution in [0.15, 0.2) is 60.0 Å². The first-order valence-corrected chi connectivity index (χ1v) is 9.86. The predicted molar refractivity (Wildman–Crippen MR) is 105 cm³/mol. The molecule has 140 valence electrons. The van der Waals surface area contributed by atoms with Gasteiger partial charge >= 0.3 is 0 Å². The van der Waals surface area contributed by atoms with Gasteiger partial charge < -0.3 is 0 Å². The molecule has 3 aliphatic carbocycles. The van der Waals surface area contributed by atoms with Crippen molar-refractivity contribution in [3.8, 4) is 0 Å². The Bertz CT molecular complexity index is 1080. The fourth-order valence-corrected chi connectivity index (χ4v) is 5.55. The number of hydrogen-bond donors (Lipinski definition) is 0. The maximum Gasteiger partial charge on any atom is 0.249 e. The second-order valence-corrected chi connectivity index (χ2v) is 8.63. The Balaban J connectivity index is 1.18. The van der Waals surface area contributed by atoms with E-state index in [9.17, 15) is 4.79 Å². The molecule has 2 aromatic heterocycles. The normalized spacial score (nSPS) is 30.3. The number of amides is 1. The average Bonchev–Trinajstić information content (AvgIpc) is 3.31. The molecule has 3 saturated carbocycles. The van der Waals surface area contributed by atoms with Crippen LogP contribution in [0.2, 0.25) is 0 Å². The smallest absolute Gasteiger partial charge is 0.249 e. The van der Waals surface area contributed by atoms with Gasteiger partial charge in [-0.1, -0.05) is 30.3 Å². The Labute approximate surface area is 162 Å². The second-order valence-electron chi connectivity index (χ2n) is 8.63. The van der Waals surface area contributed by atoms with Gasteiger partial charge in [-0.25, -0.2) is 5.01 Å². The fourth-order valence-electron chi connectivity index (χ4n) is 5.55. The summed E-state index contributed by atoms with van der Waals surface area (Å²) >= 11 is 0. The van der Waals surface area contributed by atoms with Crippen LogP contribution >= 0.6 is 0 Å². The third-order valence-electron chi connectivity index (χ3n) is 6.72. The zero-order chi connectivity index (χ0) is 18.8. The zero-order valence-electron chi connectivity index (χ0n) is 15.5. The maximum atomic E-state index is 13.3. The summed E-state index contributed by atoms with van der Waals surface area (Å²) in [4.78, 5) is 17.7. The van der Waals surface area contributed by atoms with Gasteiger partial charge in [0.2, 0.25) is 5.91 Å². The Hall–Kier alpha value is -3.02. The predicted octanol–water partition coefficient (Wildman–Crippen LogP) is 3.56. The summed E-state index contributed by atoms with van der Waals surface area (Å²) in [5.74, 6) is 0.198. The maximum absolute atomic E-state index is 13.3. The van der Waals surface area contributed by atoms with E-state index in [1.54, 1.807) is 11.2 Å². The molecular formula is C22H21N5O. The number of fused-ring (bicyclic) bond motifs is 1. The number of hydrazone groups is 1. The first-order chi connectivity index (χ1) is 13.7. The Kier molecular flexibility index (Phi) is 3.14. The number of carbonyl (C=O) groups excluding carboxylic acids is 1. The number of carbonyl (C=O) groups is 1. The lowest BCUT2D eigenvalue weighted by Gasteiger charge is -2.69. The van der Waals surface area contributed by atoms with Crippen molar-refractivity contribution >= 4 is 23.2 Å². The van der Waals surface area contributed by atoms with Gasteiger partial charge in [0.15, 0.2) is 0 Å². The standard InChI is InChI=1S/C22H21N5O/c28-20(27-18(8-10-24-27)16-5-2-1-3-6-16)22-12-21(13-22,14-22)15-26-19-7-4-9-23-17(19)11-25-26/h1-7,9-11,18H,8,12-15H2. The third-order valence-corrected chi connectivity index (χ3v) is 6.72. The molecule has 1 unspecified atom stereocenters. The molecule has 1 aromatic carbocycles. The van der Waals surface area contributed by atoms with Crippen LogP contribution < -0.4 is 0 Å². The number of benzene rings is 1. The molecule has 1 aliphatic heterocycles. The molecule has 2 bridgehead atoms. The van der Waals surface area contributed by atoms with Crippen molar-refractivity contribution in [1.29, 1.82) is 0 Å². The van der Waals surface area contributed by atoms with Gasteiger partial charge in [-0.05, 0) is 42.4 Å². The summed E-state index contributed by atoms with van der Waals surface area (Å²) < 4.78 is 2.05. The number of rotatable bonds is 4. The van der Waals surface area contributed by atoms with E-state index in [0.29, 0.717) is 0 Å². The summed E-state index contributed by atoms with van der Waals surface area (Å²) in [5.41, 5.74) is 3.15. The second kappa shape index (κ2) is 5.50. The van der Waals surface area contributed by atoms with Crippen LogP contribution in [0.1, 0.15) is 37.3 Å². The first-order valence-electron chi connectivity index (χ1n) is 9.86. The molecule has 0 N–H and O–H groups in total. The SMILES string of the molecule is O=C(N1N=CCC1c1ccccc1)C12CC(Cn3ncc4ncccc43)(C1)C2. The first kappa shape index (κ1) is 16.0. The summed E-state index contributed by atoms with van der Waals surface area (Å²) in [6, 6.07) is 14.3. The molecule has 1 amide bonds. The molecule has 3 heterocycles. The lowest BCUT2D eigenvalue weighted by molar-refractivity contribution is -0.223. The van der Waals surface area contributed by atoms with E-state index in [1.807, 2.05) is 36.7 Å². The minimum atomic E-state index is -0.212. The van der Waals surface area contributed by atoms with E-state index < -0.39 is 0 Å². The Morgan fingerprint density at radius 1 is 1.11 bits per heavy atom. The van der Waals surface area contributed by atoms with Crippen LogP contribution in [0.25, 0.3) is 11.0 Å². The summed E-state index contributed by atoms with van der Waals surface area (Å²) in [5, 5.41) is 10.7. The molecule has 28 heavy (non-hydrogen) atoms. The minimum absolute atomic E-state index is 0.0415. The highest BCUT2D eigenvalue weighted by Crippen LogP contribution is 2.74. The molecule has 0 saturated heterocycles. The van der Waals surface area contributed by atoms with Gasteiger partial charge in [0.05, 0.1) is 23.2 Å². The van der Waals surface area contributed by atoms with E-state index in [-0.39, 0.29) is 22.8 Å². The van der Waals surface area contributed by atoms with Crippen molar-refractivity contribution in [3.05, 3.63) is 60.4 Å². The van der Waals surface area contributed by atoms with Gasteiger partial charge in [-0.3, -0.25) is 14.5 Å². The highest BCUT2D eigenvalue weighted by molar-refractivity contribution is 5.88. The van der Waals surface area contributed by atoms with Crippen LogP contribution in [0.5, 0.6) is 0 Å². The van der Waals surface area contributed by atoms with Gasteiger partial charge in [0.25, 0.3) is 0 Å². The van der Waals surface area contributed by atoms with Gasteiger partial charge in [0, 0.05) is 25.4 Å². The number of nitrogens with zero attached hydrogens (tertiary/aromatic N) is 5. The van der Waals surface area contributed by atoms with Crippen LogP contribution in [0, 0.1) is 10.8 Å². The highest BCUT2D eigenvalue weighted by Gasteiger charge is 2.72. The fraction of sp³-hybridized carbons (Fsp3) is 0.364.